The van der Waals surface area contributed by atoms with Gasteiger partial charge in [-0.25, -0.2) is 9.37 Å². The van der Waals surface area contributed by atoms with Crippen molar-refractivity contribution in [3.63, 3.8) is 0 Å². The first-order valence-electron chi connectivity index (χ1n) is 9.17. The van der Waals surface area contributed by atoms with Gasteiger partial charge in [-0.2, -0.15) is 0 Å². The van der Waals surface area contributed by atoms with Gasteiger partial charge >= 0.3 is 0 Å². The fraction of sp³-hybridized carbons (Fsp3) is 0.190. The molecule has 2 aromatic heterocycles. The van der Waals surface area contributed by atoms with Crippen LogP contribution in [0, 0.1) is 5.82 Å². The normalized spacial score (nSPS) is 11.0. The lowest BCUT2D eigenvalue weighted by Gasteiger charge is -2.11. The maximum Gasteiger partial charge on any atom is 0.196 e. The van der Waals surface area contributed by atoms with E-state index < -0.39 is 5.82 Å². The zero-order valence-corrected chi connectivity index (χ0v) is 17.4. The van der Waals surface area contributed by atoms with Crippen LogP contribution in [0.4, 0.5) is 4.39 Å². The summed E-state index contributed by atoms with van der Waals surface area (Å²) < 4.78 is 21.5. The molecule has 0 bridgehead atoms. The van der Waals surface area contributed by atoms with Gasteiger partial charge in [0.25, 0.3) is 0 Å². The lowest BCUT2D eigenvalue weighted by Crippen LogP contribution is -2.07. The van der Waals surface area contributed by atoms with Gasteiger partial charge in [0.15, 0.2) is 22.5 Å². The third-order valence-electron chi connectivity index (χ3n) is 4.16. The number of aryl methyl sites for hydroxylation is 1. The van der Waals surface area contributed by atoms with Crippen LogP contribution in [0.15, 0.2) is 65.1 Å². The van der Waals surface area contributed by atoms with Crippen LogP contribution in [0.1, 0.15) is 23.4 Å². The number of halogens is 1. The first kappa shape index (κ1) is 19.6. The largest absolute Gasteiger partial charge is 0.483 e. The molecule has 4 rings (SSSR count). The van der Waals surface area contributed by atoms with Gasteiger partial charge in [-0.1, -0.05) is 49.0 Å². The van der Waals surface area contributed by atoms with E-state index in [2.05, 4.69) is 27.5 Å². The fourth-order valence-electron chi connectivity index (χ4n) is 2.74. The minimum Gasteiger partial charge on any atom is -0.483 e. The molecule has 0 aliphatic rings. The lowest BCUT2D eigenvalue weighted by atomic mass is 10.3. The van der Waals surface area contributed by atoms with E-state index in [4.69, 9.17) is 4.74 Å². The van der Waals surface area contributed by atoms with E-state index in [1.807, 2.05) is 34.9 Å². The second-order valence-corrected chi connectivity index (χ2v) is 8.05. The van der Waals surface area contributed by atoms with E-state index in [1.54, 1.807) is 41.3 Å². The van der Waals surface area contributed by atoms with Crippen molar-refractivity contribution < 1.29 is 9.13 Å². The number of thiazole rings is 1. The number of thioether (sulfide) groups is 1. The van der Waals surface area contributed by atoms with Crippen LogP contribution >= 0.6 is 23.1 Å². The van der Waals surface area contributed by atoms with Crippen molar-refractivity contribution in [1.82, 2.24) is 19.7 Å². The predicted octanol–water partition coefficient (Wildman–Crippen LogP) is 5.30. The van der Waals surface area contributed by atoms with Gasteiger partial charge in [-0.3, -0.25) is 4.57 Å². The van der Waals surface area contributed by atoms with E-state index in [1.165, 1.54) is 6.07 Å². The molecule has 0 unspecified atom stereocenters. The number of hydrogen-bond donors (Lipinski definition) is 0. The van der Waals surface area contributed by atoms with Crippen LogP contribution in [-0.4, -0.2) is 19.7 Å². The third-order valence-corrected chi connectivity index (χ3v) is 6.16. The highest BCUT2D eigenvalue weighted by Crippen LogP contribution is 2.27. The minimum absolute atomic E-state index is 0.111. The molecule has 0 aliphatic heterocycles. The van der Waals surface area contributed by atoms with E-state index in [-0.39, 0.29) is 12.4 Å². The van der Waals surface area contributed by atoms with Crippen LogP contribution in [0.25, 0.3) is 5.69 Å². The second-order valence-electron chi connectivity index (χ2n) is 6.16. The van der Waals surface area contributed by atoms with E-state index in [9.17, 15) is 4.39 Å². The van der Waals surface area contributed by atoms with Crippen LogP contribution in [0.3, 0.4) is 0 Å². The van der Waals surface area contributed by atoms with Gasteiger partial charge in [0.2, 0.25) is 0 Å². The van der Waals surface area contributed by atoms with E-state index >= 15 is 0 Å². The van der Waals surface area contributed by atoms with Crippen molar-refractivity contribution in [2.24, 2.45) is 0 Å². The summed E-state index contributed by atoms with van der Waals surface area (Å²) in [6, 6.07) is 16.2. The van der Waals surface area contributed by atoms with Gasteiger partial charge in [-0.15, -0.1) is 21.5 Å². The fourth-order valence-corrected chi connectivity index (χ4v) is 4.46. The summed E-state index contributed by atoms with van der Waals surface area (Å²) in [5.74, 6) is 1.10. The topological polar surface area (TPSA) is 52.8 Å². The van der Waals surface area contributed by atoms with Crippen molar-refractivity contribution in [3.8, 4) is 11.4 Å². The molecule has 0 aliphatic carbocycles. The molecule has 0 atom stereocenters. The average Bonchev–Trinajstić information content (AvgIpc) is 3.39. The van der Waals surface area contributed by atoms with Crippen LogP contribution in [-0.2, 0) is 18.8 Å². The molecular weight excluding hydrogens is 407 g/mol. The monoisotopic (exact) mass is 426 g/mol. The van der Waals surface area contributed by atoms with E-state index in [0.29, 0.717) is 11.6 Å². The SMILES string of the molecule is CCc1nc(CSc2nnc(COc3ccccc3F)n2-c2ccccc2)cs1. The number of para-hydroxylation sites is 2. The highest BCUT2D eigenvalue weighted by atomic mass is 32.2. The van der Waals surface area contributed by atoms with Crippen molar-refractivity contribution in [2.75, 3.05) is 0 Å². The van der Waals surface area contributed by atoms with Crippen molar-refractivity contribution >= 4 is 23.1 Å². The van der Waals surface area contributed by atoms with Crippen molar-refractivity contribution in [3.05, 3.63) is 82.3 Å². The number of rotatable bonds is 8. The number of nitrogens with zero attached hydrogens (tertiary/aromatic N) is 4. The zero-order valence-electron chi connectivity index (χ0n) is 15.8. The molecule has 2 aromatic carbocycles. The van der Waals surface area contributed by atoms with Crippen LogP contribution in [0.2, 0.25) is 0 Å². The summed E-state index contributed by atoms with van der Waals surface area (Å²) in [6.07, 6.45) is 0.938. The summed E-state index contributed by atoms with van der Waals surface area (Å²) in [7, 11) is 0. The molecule has 4 aromatic rings. The molecule has 0 fully saturated rings. The summed E-state index contributed by atoms with van der Waals surface area (Å²) in [6.45, 7) is 2.21. The Bertz CT molecular complexity index is 1080. The van der Waals surface area contributed by atoms with Gasteiger partial charge in [0.1, 0.15) is 6.61 Å². The van der Waals surface area contributed by atoms with Gasteiger partial charge < -0.3 is 4.74 Å². The Morgan fingerprint density at radius 3 is 2.62 bits per heavy atom. The smallest absolute Gasteiger partial charge is 0.196 e. The number of hydrogen-bond acceptors (Lipinski definition) is 6. The molecule has 0 saturated carbocycles. The summed E-state index contributed by atoms with van der Waals surface area (Å²) in [5, 5.41) is 12.6. The third kappa shape index (κ3) is 4.65. The lowest BCUT2D eigenvalue weighted by molar-refractivity contribution is 0.278. The van der Waals surface area contributed by atoms with Gasteiger partial charge in [0.05, 0.1) is 10.7 Å². The molecule has 0 amide bonds. The van der Waals surface area contributed by atoms with E-state index in [0.717, 1.165) is 28.0 Å². The molecular formula is C21H19FN4OS2. The Kier molecular flexibility index (Phi) is 6.21. The molecule has 5 nitrogen and oxygen atoms in total. The molecule has 29 heavy (non-hydrogen) atoms. The van der Waals surface area contributed by atoms with Gasteiger partial charge in [-0.05, 0) is 30.7 Å². The van der Waals surface area contributed by atoms with Crippen LogP contribution in [0.5, 0.6) is 5.75 Å². The standard InChI is InChI=1S/C21H19FN4OS2/c1-2-20-23-15(13-28-20)14-29-21-25-24-19(26(21)16-8-4-3-5-9-16)12-27-18-11-7-6-10-17(18)22/h3-11,13H,2,12,14H2,1H3. The van der Waals surface area contributed by atoms with Crippen LogP contribution < -0.4 is 4.74 Å². The first-order chi connectivity index (χ1) is 14.2. The molecule has 0 radical (unpaired) electrons. The van der Waals surface area contributed by atoms with Crippen molar-refractivity contribution in [2.45, 2.75) is 30.9 Å². The Morgan fingerprint density at radius 2 is 1.86 bits per heavy atom. The molecule has 0 N–H and O–H groups in total. The summed E-state index contributed by atoms with van der Waals surface area (Å²) >= 11 is 3.24. The summed E-state index contributed by atoms with van der Waals surface area (Å²) in [5.41, 5.74) is 1.96. The number of benzene rings is 2. The molecule has 0 saturated heterocycles. The predicted molar refractivity (Wildman–Crippen MR) is 113 cm³/mol. The minimum atomic E-state index is -0.400. The highest BCUT2D eigenvalue weighted by molar-refractivity contribution is 7.98. The highest BCUT2D eigenvalue weighted by Gasteiger charge is 2.16. The maximum atomic E-state index is 13.9. The first-order valence-corrected chi connectivity index (χ1v) is 11.0. The Morgan fingerprint density at radius 1 is 1.07 bits per heavy atom. The van der Waals surface area contributed by atoms with Gasteiger partial charge in [0, 0.05) is 16.8 Å². The molecule has 0 spiro atoms. The zero-order chi connectivity index (χ0) is 20.1. The summed E-state index contributed by atoms with van der Waals surface area (Å²) in [4.78, 5) is 4.61. The number of ether oxygens (including phenoxy) is 1. The average molecular weight is 427 g/mol. The molecule has 2 heterocycles. The Hall–Kier alpha value is -2.71. The quantitative estimate of drug-likeness (QED) is 0.358. The second kappa shape index (κ2) is 9.19. The maximum absolute atomic E-state index is 13.9. The molecule has 148 valence electrons. The Labute approximate surface area is 176 Å². The van der Waals surface area contributed by atoms with Crippen molar-refractivity contribution in [1.29, 1.82) is 0 Å². The molecule has 8 heteroatoms. The Balaban J connectivity index is 1.57. The number of aromatic nitrogens is 4.